The number of anilines is 1. The highest BCUT2D eigenvalue weighted by Crippen LogP contribution is 2.43. The van der Waals surface area contributed by atoms with E-state index in [1.165, 1.54) is 4.90 Å². The molecule has 0 saturated carbocycles. The van der Waals surface area contributed by atoms with E-state index in [1.807, 2.05) is 45.9 Å². The number of ketones is 1. The Balaban J connectivity index is 1.83. The highest BCUT2D eigenvalue weighted by Gasteiger charge is 2.47. The molecule has 0 aliphatic carbocycles. The molecule has 3 aromatic carbocycles. The number of rotatable bonds is 10. The van der Waals surface area contributed by atoms with Crippen LogP contribution >= 0.6 is 0 Å². The zero-order valence-corrected chi connectivity index (χ0v) is 22.1. The number of nitrogens with zero attached hydrogens (tertiary/aromatic N) is 1. The van der Waals surface area contributed by atoms with Crippen molar-refractivity contribution in [2.24, 2.45) is 0 Å². The summed E-state index contributed by atoms with van der Waals surface area (Å²) in [6.07, 6.45) is 0.812. The summed E-state index contributed by atoms with van der Waals surface area (Å²) in [5.41, 5.74) is 1.57. The van der Waals surface area contributed by atoms with Gasteiger partial charge in [0.2, 0.25) is 0 Å². The third-order valence-electron chi connectivity index (χ3n) is 6.02. The standard InChI is InChI=1S/C31H33NO6/c1-5-18-37-25-14-10-21(11-15-25)29(33)27-28(22-8-7-9-26(19-22)38-20(3)4)32(31(35)30(27)34)23-12-16-24(17-13-23)36-6-2/h7-17,19-20,28,33H,5-6,18H2,1-4H3/b29-27-. The van der Waals surface area contributed by atoms with Gasteiger partial charge in [-0.2, -0.15) is 0 Å². The van der Waals surface area contributed by atoms with Gasteiger partial charge in [-0.1, -0.05) is 19.1 Å². The molecule has 7 heteroatoms. The smallest absolute Gasteiger partial charge is 0.300 e. The van der Waals surface area contributed by atoms with Gasteiger partial charge in [0, 0.05) is 11.3 Å². The van der Waals surface area contributed by atoms with Gasteiger partial charge in [-0.05, 0) is 93.4 Å². The summed E-state index contributed by atoms with van der Waals surface area (Å²) in [4.78, 5) is 28.3. The third kappa shape index (κ3) is 5.67. The highest BCUT2D eigenvalue weighted by atomic mass is 16.5. The Hall–Kier alpha value is -4.26. The van der Waals surface area contributed by atoms with Gasteiger partial charge in [0.15, 0.2) is 0 Å². The van der Waals surface area contributed by atoms with E-state index in [2.05, 4.69) is 0 Å². The number of ether oxygens (including phenoxy) is 3. The zero-order valence-electron chi connectivity index (χ0n) is 22.1. The molecular formula is C31H33NO6. The first kappa shape index (κ1) is 26.8. The van der Waals surface area contributed by atoms with Crippen LogP contribution in [0.1, 0.15) is 51.3 Å². The van der Waals surface area contributed by atoms with Gasteiger partial charge in [-0.15, -0.1) is 0 Å². The van der Waals surface area contributed by atoms with Crippen molar-refractivity contribution in [1.82, 2.24) is 0 Å². The quantitative estimate of drug-likeness (QED) is 0.194. The van der Waals surface area contributed by atoms with Crippen LogP contribution in [-0.4, -0.2) is 36.1 Å². The van der Waals surface area contributed by atoms with Crippen LogP contribution in [0.3, 0.4) is 0 Å². The van der Waals surface area contributed by atoms with Crippen LogP contribution in [0.5, 0.6) is 17.2 Å². The van der Waals surface area contributed by atoms with E-state index in [0.29, 0.717) is 47.3 Å². The van der Waals surface area contributed by atoms with Gasteiger partial charge in [0.1, 0.15) is 23.0 Å². The van der Waals surface area contributed by atoms with E-state index in [9.17, 15) is 14.7 Å². The van der Waals surface area contributed by atoms with Crippen molar-refractivity contribution < 1.29 is 28.9 Å². The fourth-order valence-electron chi connectivity index (χ4n) is 4.40. The van der Waals surface area contributed by atoms with Crippen LogP contribution in [0, 0.1) is 0 Å². The van der Waals surface area contributed by atoms with E-state index in [0.717, 1.165) is 6.42 Å². The summed E-state index contributed by atoms with van der Waals surface area (Å²) in [5.74, 6) is 0.184. The summed E-state index contributed by atoms with van der Waals surface area (Å²) in [7, 11) is 0. The molecule has 1 amide bonds. The lowest BCUT2D eigenvalue weighted by Gasteiger charge is -2.26. The number of amides is 1. The number of carbonyl (C=O) groups is 2. The molecule has 1 aliphatic rings. The Bertz CT molecular complexity index is 1310. The highest BCUT2D eigenvalue weighted by molar-refractivity contribution is 6.51. The van der Waals surface area contributed by atoms with Gasteiger partial charge >= 0.3 is 0 Å². The molecule has 1 unspecified atom stereocenters. The number of hydrogen-bond acceptors (Lipinski definition) is 6. The minimum atomic E-state index is -0.861. The molecule has 1 heterocycles. The number of benzene rings is 3. The number of carbonyl (C=O) groups excluding carboxylic acids is 2. The predicted molar refractivity (Wildman–Crippen MR) is 147 cm³/mol. The maximum Gasteiger partial charge on any atom is 0.300 e. The molecule has 1 aliphatic heterocycles. The van der Waals surface area contributed by atoms with Gasteiger partial charge in [-0.3, -0.25) is 14.5 Å². The van der Waals surface area contributed by atoms with Crippen molar-refractivity contribution >= 4 is 23.1 Å². The third-order valence-corrected chi connectivity index (χ3v) is 6.02. The molecule has 0 spiro atoms. The fraction of sp³-hybridized carbons (Fsp3) is 0.290. The summed E-state index contributed by atoms with van der Waals surface area (Å²) in [5, 5.41) is 11.4. The van der Waals surface area contributed by atoms with Crippen molar-refractivity contribution in [2.75, 3.05) is 18.1 Å². The average molecular weight is 516 g/mol. The summed E-state index contributed by atoms with van der Waals surface area (Å²) < 4.78 is 17.1. The Morgan fingerprint density at radius 1 is 0.895 bits per heavy atom. The average Bonchev–Trinajstić information content (AvgIpc) is 3.18. The molecule has 38 heavy (non-hydrogen) atoms. The van der Waals surface area contributed by atoms with E-state index >= 15 is 0 Å². The van der Waals surface area contributed by atoms with E-state index in [4.69, 9.17) is 14.2 Å². The molecule has 0 radical (unpaired) electrons. The molecule has 198 valence electrons. The molecule has 1 atom stereocenters. The van der Waals surface area contributed by atoms with E-state index in [1.54, 1.807) is 54.6 Å². The Labute approximate surface area is 223 Å². The van der Waals surface area contributed by atoms with Gasteiger partial charge in [0.25, 0.3) is 11.7 Å². The van der Waals surface area contributed by atoms with Crippen LogP contribution in [0.25, 0.3) is 5.76 Å². The van der Waals surface area contributed by atoms with Crippen LogP contribution < -0.4 is 19.1 Å². The summed E-state index contributed by atoms with van der Waals surface area (Å²) in [6, 6.07) is 20.2. The topological polar surface area (TPSA) is 85.3 Å². The first-order valence-electron chi connectivity index (χ1n) is 12.9. The van der Waals surface area contributed by atoms with Crippen molar-refractivity contribution in [3.63, 3.8) is 0 Å². The Kier molecular flexibility index (Phi) is 8.36. The molecule has 3 aromatic rings. The van der Waals surface area contributed by atoms with Crippen LogP contribution in [0.4, 0.5) is 5.69 Å². The molecule has 1 saturated heterocycles. The fourth-order valence-corrected chi connectivity index (χ4v) is 4.40. The first-order chi connectivity index (χ1) is 18.3. The Morgan fingerprint density at radius 2 is 1.55 bits per heavy atom. The molecule has 7 nitrogen and oxygen atoms in total. The minimum absolute atomic E-state index is 0.00723. The lowest BCUT2D eigenvalue weighted by Crippen LogP contribution is -2.29. The molecular weight excluding hydrogens is 482 g/mol. The molecule has 1 fully saturated rings. The molecule has 0 aromatic heterocycles. The second-order valence-electron chi connectivity index (χ2n) is 9.21. The number of Topliss-reactive ketones (excluding diaryl/α,β-unsaturated/α-hetero) is 1. The lowest BCUT2D eigenvalue weighted by atomic mass is 9.95. The van der Waals surface area contributed by atoms with E-state index < -0.39 is 17.7 Å². The number of aliphatic hydroxyl groups excluding tert-OH is 1. The second kappa shape index (κ2) is 11.9. The first-order valence-corrected chi connectivity index (χ1v) is 12.9. The SMILES string of the molecule is CCCOc1ccc(/C(O)=C2/C(=O)C(=O)N(c3ccc(OCC)cc3)C2c2cccc(OC(C)C)c2)cc1. The summed E-state index contributed by atoms with van der Waals surface area (Å²) in [6.45, 7) is 8.84. The maximum atomic E-state index is 13.4. The second-order valence-corrected chi connectivity index (χ2v) is 9.21. The van der Waals surface area contributed by atoms with Crippen molar-refractivity contribution in [2.45, 2.75) is 46.3 Å². The lowest BCUT2D eigenvalue weighted by molar-refractivity contribution is -0.132. The number of hydrogen-bond donors (Lipinski definition) is 1. The van der Waals surface area contributed by atoms with Gasteiger partial charge in [0.05, 0.1) is 30.9 Å². The normalized spacial score (nSPS) is 16.7. The van der Waals surface area contributed by atoms with Crippen LogP contribution in [-0.2, 0) is 9.59 Å². The van der Waals surface area contributed by atoms with Gasteiger partial charge in [-0.25, -0.2) is 0 Å². The Morgan fingerprint density at radius 3 is 2.18 bits per heavy atom. The van der Waals surface area contributed by atoms with Crippen molar-refractivity contribution in [1.29, 1.82) is 0 Å². The number of aliphatic hydroxyl groups is 1. The molecule has 1 N–H and O–H groups in total. The van der Waals surface area contributed by atoms with Crippen LogP contribution in [0.15, 0.2) is 78.4 Å². The zero-order chi connectivity index (χ0) is 27.2. The maximum absolute atomic E-state index is 13.4. The predicted octanol–water partition coefficient (Wildman–Crippen LogP) is 6.29. The molecule has 4 rings (SSSR count). The van der Waals surface area contributed by atoms with Crippen LogP contribution in [0.2, 0.25) is 0 Å². The van der Waals surface area contributed by atoms with Crippen molar-refractivity contribution in [3.05, 3.63) is 89.5 Å². The minimum Gasteiger partial charge on any atom is -0.507 e. The van der Waals surface area contributed by atoms with Gasteiger partial charge < -0.3 is 19.3 Å². The summed E-state index contributed by atoms with van der Waals surface area (Å²) >= 11 is 0. The molecule has 0 bridgehead atoms. The van der Waals surface area contributed by atoms with E-state index in [-0.39, 0.29) is 17.4 Å². The van der Waals surface area contributed by atoms with Crippen molar-refractivity contribution in [3.8, 4) is 17.2 Å². The monoisotopic (exact) mass is 515 g/mol. The largest absolute Gasteiger partial charge is 0.507 e.